The van der Waals surface area contributed by atoms with Crippen molar-refractivity contribution in [3.8, 4) is 11.3 Å². The van der Waals surface area contributed by atoms with Gasteiger partial charge >= 0.3 is 6.09 Å². The van der Waals surface area contributed by atoms with Crippen LogP contribution in [0.3, 0.4) is 0 Å². The summed E-state index contributed by atoms with van der Waals surface area (Å²) >= 11 is 0. The average Bonchev–Trinajstić information content (AvgIpc) is 3.51. The fourth-order valence-corrected chi connectivity index (χ4v) is 3.71. The maximum absolute atomic E-state index is 12.8. The van der Waals surface area contributed by atoms with Gasteiger partial charge in [-0.25, -0.2) is 9.78 Å². The number of carbonyl (C=O) groups excluding carboxylic acids is 1. The molecule has 32 heavy (non-hydrogen) atoms. The lowest BCUT2D eigenvalue weighted by Gasteiger charge is -2.18. The lowest BCUT2D eigenvalue weighted by molar-refractivity contribution is 0.136. The van der Waals surface area contributed by atoms with Gasteiger partial charge in [0.15, 0.2) is 0 Å². The molecule has 1 unspecified atom stereocenters. The van der Waals surface area contributed by atoms with E-state index < -0.39 is 12.1 Å². The summed E-state index contributed by atoms with van der Waals surface area (Å²) in [7, 11) is 0. The first-order chi connectivity index (χ1) is 15.8. The molecule has 3 heterocycles. The molecule has 5 aromatic rings. The number of fused-ring (bicyclic) bond motifs is 1. The summed E-state index contributed by atoms with van der Waals surface area (Å²) < 4.78 is 13.2. The Morgan fingerprint density at radius 3 is 2.44 bits per heavy atom. The number of hydrogen-bond acceptors (Lipinski definition) is 4. The highest BCUT2D eigenvalue weighted by Crippen LogP contribution is 2.33. The molecule has 0 aliphatic rings. The van der Waals surface area contributed by atoms with Crippen molar-refractivity contribution in [2.45, 2.75) is 12.6 Å². The number of carbonyl (C=O) groups is 1. The second-order valence-electron chi connectivity index (χ2n) is 7.30. The van der Waals surface area contributed by atoms with Gasteiger partial charge in [0.25, 0.3) is 0 Å². The molecule has 0 spiro atoms. The summed E-state index contributed by atoms with van der Waals surface area (Å²) in [4.78, 5) is 17.6. The van der Waals surface area contributed by atoms with Crippen molar-refractivity contribution in [1.29, 1.82) is 0 Å². The van der Waals surface area contributed by atoms with E-state index in [1.54, 1.807) is 12.3 Å². The molecular weight excluding hydrogens is 402 g/mol. The first kappa shape index (κ1) is 19.6. The van der Waals surface area contributed by atoms with Crippen LogP contribution in [-0.4, -0.2) is 15.5 Å². The van der Waals surface area contributed by atoms with Crippen LogP contribution >= 0.6 is 0 Å². The molecule has 0 aliphatic heterocycles. The number of furan rings is 1. The third-order valence-electron chi connectivity index (χ3n) is 5.19. The number of pyridine rings is 1. The molecule has 5 rings (SSSR count). The van der Waals surface area contributed by atoms with Gasteiger partial charge in [-0.1, -0.05) is 66.7 Å². The molecule has 0 radical (unpaired) electrons. The van der Waals surface area contributed by atoms with E-state index in [-0.39, 0.29) is 6.61 Å². The van der Waals surface area contributed by atoms with E-state index in [1.807, 2.05) is 95.5 Å². The molecule has 0 aliphatic carbocycles. The Bertz CT molecular complexity index is 1310. The van der Waals surface area contributed by atoms with Gasteiger partial charge in [0.2, 0.25) is 0 Å². The van der Waals surface area contributed by atoms with Crippen LogP contribution in [0.1, 0.15) is 23.1 Å². The molecule has 0 saturated carbocycles. The molecule has 1 atom stereocenters. The summed E-state index contributed by atoms with van der Waals surface area (Å²) in [5.74, 6) is 0.587. The zero-order valence-electron chi connectivity index (χ0n) is 17.2. The minimum Gasteiger partial charge on any atom is -0.467 e. The third kappa shape index (κ3) is 3.98. The molecular formula is C26H21N3O3. The van der Waals surface area contributed by atoms with Crippen molar-refractivity contribution in [1.82, 2.24) is 14.7 Å². The number of benzene rings is 2. The van der Waals surface area contributed by atoms with Crippen LogP contribution in [0.25, 0.3) is 16.9 Å². The van der Waals surface area contributed by atoms with Crippen molar-refractivity contribution in [2.75, 3.05) is 0 Å². The first-order valence-corrected chi connectivity index (χ1v) is 10.3. The number of imidazole rings is 1. The second-order valence-corrected chi connectivity index (χ2v) is 7.30. The highest BCUT2D eigenvalue weighted by Gasteiger charge is 2.28. The standard InChI is InChI=1S/C26H21N3O3/c30-26(32-18-19-10-3-1-4-11-19)28-24(21-14-9-17-31-21)25-23(20-12-5-2-6-13-20)27-22-15-7-8-16-29(22)25/h1-17,24H,18H2,(H,28,30). The zero-order chi connectivity index (χ0) is 21.8. The number of nitrogens with zero attached hydrogens (tertiary/aromatic N) is 2. The normalized spacial score (nSPS) is 11.9. The smallest absolute Gasteiger partial charge is 0.408 e. The number of nitrogens with one attached hydrogen (secondary N) is 1. The van der Waals surface area contributed by atoms with Crippen LogP contribution in [-0.2, 0) is 11.3 Å². The van der Waals surface area contributed by atoms with Gasteiger partial charge in [-0.2, -0.15) is 0 Å². The first-order valence-electron chi connectivity index (χ1n) is 10.3. The van der Waals surface area contributed by atoms with Crippen LogP contribution < -0.4 is 5.32 Å². The predicted molar refractivity (Wildman–Crippen MR) is 121 cm³/mol. The number of amides is 1. The largest absolute Gasteiger partial charge is 0.467 e. The number of rotatable bonds is 6. The van der Waals surface area contributed by atoms with Crippen molar-refractivity contribution in [3.63, 3.8) is 0 Å². The average molecular weight is 423 g/mol. The van der Waals surface area contributed by atoms with E-state index in [0.717, 1.165) is 28.2 Å². The summed E-state index contributed by atoms with van der Waals surface area (Å²) in [5, 5.41) is 2.98. The van der Waals surface area contributed by atoms with Crippen molar-refractivity contribution >= 4 is 11.7 Å². The van der Waals surface area contributed by atoms with Crippen LogP contribution in [0.4, 0.5) is 4.79 Å². The molecule has 0 bridgehead atoms. The van der Waals surface area contributed by atoms with E-state index in [1.165, 1.54) is 0 Å². The highest BCUT2D eigenvalue weighted by atomic mass is 16.5. The van der Waals surface area contributed by atoms with Gasteiger partial charge in [-0.3, -0.25) is 0 Å². The van der Waals surface area contributed by atoms with E-state index in [4.69, 9.17) is 14.1 Å². The van der Waals surface area contributed by atoms with Crippen molar-refractivity contribution in [3.05, 3.63) is 120 Å². The van der Waals surface area contributed by atoms with Gasteiger partial charge in [-0.15, -0.1) is 0 Å². The number of aromatic nitrogens is 2. The number of alkyl carbamates (subject to hydrolysis) is 1. The molecule has 1 amide bonds. The Morgan fingerprint density at radius 2 is 1.69 bits per heavy atom. The summed E-state index contributed by atoms with van der Waals surface area (Å²) in [6, 6.07) is 28.3. The van der Waals surface area contributed by atoms with Gasteiger partial charge in [0, 0.05) is 11.8 Å². The van der Waals surface area contributed by atoms with Crippen LogP contribution in [0.15, 0.2) is 108 Å². The topological polar surface area (TPSA) is 68.8 Å². The SMILES string of the molecule is O=C(NC(c1ccco1)c1c(-c2ccccc2)nc2ccccn12)OCc1ccccc1. The molecule has 6 nitrogen and oxygen atoms in total. The van der Waals surface area contributed by atoms with Crippen LogP contribution in [0.2, 0.25) is 0 Å². The maximum Gasteiger partial charge on any atom is 0.408 e. The Morgan fingerprint density at radius 1 is 0.938 bits per heavy atom. The van der Waals surface area contributed by atoms with Gasteiger partial charge < -0.3 is 18.9 Å². The Hall–Kier alpha value is -4.32. The quantitative estimate of drug-likeness (QED) is 0.385. The van der Waals surface area contributed by atoms with Crippen molar-refractivity contribution < 1.29 is 13.9 Å². The monoisotopic (exact) mass is 423 g/mol. The number of ether oxygens (including phenoxy) is 1. The predicted octanol–water partition coefficient (Wildman–Crippen LogP) is 5.61. The van der Waals surface area contributed by atoms with Crippen LogP contribution in [0.5, 0.6) is 0 Å². The highest BCUT2D eigenvalue weighted by molar-refractivity contribution is 5.72. The minimum absolute atomic E-state index is 0.177. The number of hydrogen-bond donors (Lipinski definition) is 1. The zero-order valence-corrected chi connectivity index (χ0v) is 17.2. The van der Waals surface area contributed by atoms with E-state index in [9.17, 15) is 4.79 Å². The summed E-state index contributed by atoms with van der Waals surface area (Å²) in [6.07, 6.45) is 2.97. The van der Waals surface area contributed by atoms with Crippen molar-refractivity contribution in [2.24, 2.45) is 0 Å². The third-order valence-corrected chi connectivity index (χ3v) is 5.19. The fraction of sp³-hybridized carbons (Fsp3) is 0.0769. The maximum atomic E-state index is 12.8. The molecule has 3 aromatic heterocycles. The van der Waals surface area contributed by atoms with E-state index >= 15 is 0 Å². The molecule has 158 valence electrons. The molecule has 2 aromatic carbocycles. The Balaban J connectivity index is 1.53. The molecule has 0 fully saturated rings. The molecule has 6 heteroatoms. The van der Waals surface area contributed by atoms with Gasteiger partial charge in [-0.05, 0) is 29.8 Å². The van der Waals surface area contributed by atoms with Gasteiger partial charge in [0.05, 0.1) is 17.7 Å². The Labute approximate surface area is 185 Å². The fourth-order valence-electron chi connectivity index (χ4n) is 3.71. The van der Waals surface area contributed by atoms with Crippen LogP contribution in [0, 0.1) is 0 Å². The molecule has 0 saturated heterocycles. The van der Waals surface area contributed by atoms with E-state index in [0.29, 0.717) is 5.76 Å². The summed E-state index contributed by atoms with van der Waals surface area (Å²) in [6.45, 7) is 0.177. The molecule has 1 N–H and O–H groups in total. The lowest BCUT2D eigenvalue weighted by Crippen LogP contribution is -2.30. The van der Waals surface area contributed by atoms with Gasteiger partial charge in [0.1, 0.15) is 24.1 Å². The summed E-state index contributed by atoms with van der Waals surface area (Å²) in [5.41, 5.74) is 4.19. The minimum atomic E-state index is -0.596. The lowest BCUT2D eigenvalue weighted by atomic mass is 10.0. The Kier molecular flexibility index (Phi) is 5.41. The second kappa shape index (κ2) is 8.81. The van der Waals surface area contributed by atoms with E-state index in [2.05, 4.69) is 5.32 Å².